The molecule has 0 atom stereocenters. The fraction of sp³-hybridized carbons (Fsp3) is 0.233. The van der Waals surface area contributed by atoms with Gasteiger partial charge in [-0.1, -0.05) is 76.2 Å². The van der Waals surface area contributed by atoms with Gasteiger partial charge in [0.2, 0.25) is 0 Å². The predicted molar refractivity (Wildman–Crippen MR) is 142 cm³/mol. The summed E-state index contributed by atoms with van der Waals surface area (Å²) in [6.45, 7) is 8.45. The number of hydrogen-bond donors (Lipinski definition) is 2. The van der Waals surface area contributed by atoms with Gasteiger partial charge in [-0.2, -0.15) is 4.73 Å². The third-order valence-corrected chi connectivity index (χ3v) is 5.78. The number of aromatic nitrogens is 1. The van der Waals surface area contributed by atoms with Crippen LogP contribution in [0.2, 0.25) is 0 Å². The highest BCUT2D eigenvalue weighted by molar-refractivity contribution is 6.12. The number of hydrogen-bond acceptors (Lipinski definition) is 3. The average Bonchev–Trinajstić information content (AvgIpc) is 3.19. The van der Waals surface area contributed by atoms with E-state index in [-0.39, 0.29) is 23.5 Å². The van der Waals surface area contributed by atoms with Gasteiger partial charge in [0.15, 0.2) is 0 Å². The molecule has 0 unspecified atom stereocenters. The molecule has 1 amide bonds. The molecule has 0 bridgehead atoms. The van der Waals surface area contributed by atoms with E-state index < -0.39 is 5.82 Å². The number of phenols is 1. The Morgan fingerprint density at radius 3 is 2.19 bits per heavy atom. The molecule has 5 nitrogen and oxygen atoms in total. The molecule has 0 aliphatic heterocycles. The summed E-state index contributed by atoms with van der Waals surface area (Å²) in [7, 11) is 0. The number of nitrogens with zero attached hydrogens (tertiary/aromatic N) is 1. The Bertz CT molecular complexity index is 1350. The lowest BCUT2D eigenvalue weighted by molar-refractivity contribution is 0.0845. The zero-order valence-electron chi connectivity index (χ0n) is 21.0. The van der Waals surface area contributed by atoms with E-state index in [1.54, 1.807) is 4.73 Å². The third kappa shape index (κ3) is 5.13. The van der Waals surface area contributed by atoms with Crippen LogP contribution in [0.15, 0.2) is 78.9 Å². The fourth-order valence-electron chi connectivity index (χ4n) is 4.23. The number of halogens is 1. The molecular weight excluding hydrogens is 455 g/mol. The first-order chi connectivity index (χ1) is 17.3. The quantitative estimate of drug-likeness (QED) is 0.279. The SMILES string of the molecule is CC(C)COn1c(-c2ccc(F)cc2O)c(-c2ccccc2)c(C(=O)Nc2ccccc2)c1C(C)C. The maximum absolute atomic E-state index is 14.0. The number of nitrogens with one attached hydrogen (secondary N) is 1. The van der Waals surface area contributed by atoms with Crippen LogP contribution in [0.25, 0.3) is 22.4 Å². The van der Waals surface area contributed by atoms with Gasteiger partial charge < -0.3 is 15.3 Å². The number of para-hydroxylation sites is 1. The topological polar surface area (TPSA) is 63.5 Å². The van der Waals surface area contributed by atoms with Gasteiger partial charge in [0.1, 0.15) is 18.2 Å². The highest BCUT2D eigenvalue weighted by Gasteiger charge is 2.32. The van der Waals surface area contributed by atoms with Gasteiger partial charge in [-0.3, -0.25) is 4.79 Å². The molecule has 0 fully saturated rings. The van der Waals surface area contributed by atoms with Crippen LogP contribution >= 0.6 is 0 Å². The summed E-state index contributed by atoms with van der Waals surface area (Å²) < 4.78 is 15.6. The smallest absolute Gasteiger partial charge is 0.258 e. The van der Waals surface area contributed by atoms with Gasteiger partial charge in [0, 0.05) is 22.9 Å². The molecule has 0 saturated heterocycles. The van der Waals surface area contributed by atoms with Crippen LogP contribution in [0.5, 0.6) is 5.75 Å². The van der Waals surface area contributed by atoms with Crippen molar-refractivity contribution in [2.45, 2.75) is 33.6 Å². The summed E-state index contributed by atoms with van der Waals surface area (Å²) in [6.07, 6.45) is 0. The lowest BCUT2D eigenvalue weighted by Gasteiger charge is -2.19. The Kier molecular flexibility index (Phi) is 7.44. The number of benzene rings is 3. The molecule has 0 saturated carbocycles. The van der Waals surface area contributed by atoms with Gasteiger partial charge in [-0.25, -0.2) is 4.39 Å². The van der Waals surface area contributed by atoms with Crippen LogP contribution in [-0.2, 0) is 0 Å². The molecule has 186 valence electrons. The van der Waals surface area contributed by atoms with E-state index in [0.29, 0.717) is 40.4 Å². The first-order valence-electron chi connectivity index (χ1n) is 12.1. The minimum absolute atomic E-state index is 0.104. The second-order valence-electron chi connectivity index (χ2n) is 9.47. The summed E-state index contributed by atoms with van der Waals surface area (Å²) in [5.41, 5.74) is 4.05. The second-order valence-corrected chi connectivity index (χ2v) is 9.47. The van der Waals surface area contributed by atoms with Gasteiger partial charge in [-0.05, 0) is 41.7 Å². The van der Waals surface area contributed by atoms with Crippen molar-refractivity contribution in [2.75, 3.05) is 11.9 Å². The van der Waals surface area contributed by atoms with E-state index in [0.717, 1.165) is 11.6 Å². The minimum Gasteiger partial charge on any atom is -0.507 e. The third-order valence-electron chi connectivity index (χ3n) is 5.78. The van der Waals surface area contributed by atoms with Crippen molar-refractivity contribution >= 4 is 11.6 Å². The van der Waals surface area contributed by atoms with E-state index in [1.165, 1.54) is 12.1 Å². The standard InChI is InChI=1S/C30H31FN2O3/c1-19(2)18-36-33-28(20(3)4)27(30(35)32-23-13-9-6-10-14-23)26(21-11-7-5-8-12-21)29(33)24-16-15-22(31)17-25(24)34/h5-17,19-20,34H,18H2,1-4H3,(H,32,35). The van der Waals surface area contributed by atoms with Crippen molar-refractivity contribution in [3.8, 4) is 28.1 Å². The molecule has 0 radical (unpaired) electrons. The monoisotopic (exact) mass is 486 g/mol. The lowest BCUT2D eigenvalue weighted by Crippen LogP contribution is -2.22. The molecule has 36 heavy (non-hydrogen) atoms. The molecule has 0 spiro atoms. The van der Waals surface area contributed by atoms with Crippen molar-refractivity contribution in [1.82, 2.24) is 4.73 Å². The van der Waals surface area contributed by atoms with Gasteiger partial charge >= 0.3 is 0 Å². The average molecular weight is 487 g/mol. The molecule has 1 aromatic heterocycles. The van der Waals surface area contributed by atoms with Crippen LogP contribution < -0.4 is 10.2 Å². The van der Waals surface area contributed by atoms with E-state index in [4.69, 9.17) is 4.84 Å². The number of carbonyl (C=O) groups excluding carboxylic acids is 1. The summed E-state index contributed by atoms with van der Waals surface area (Å²) in [5, 5.41) is 13.8. The van der Waals surface area contributed by atoms with Crippen LogP contribution in [-0.4, -0.2) is 22.4 Å². The molecule has 6 heteroatoms. The van der Waals surface area contributed by atoms with E-state index in [1.807, 2.05) is 88.4 Å². The van der Waals surface area contributed by atoms with Crippen LogP contribution in [0, 0.1) is 11.7 Å². The normalized spacial score (nSPS) is 11.2. The summed E-state index contributed by atoms with van der Waals surface area (Å²) in [6, 6.07) is 22.6. The van der Waals surface area contributed by atoms with E-state index in [2.05, 4.69) is 5.32 Å². The first kappa shape index (κ1) is 25.0. The Balaban J connectivity index is 2.07. The predicted octanol–water partition coefficient (Wildman–Crippen LogP) is 7.13. The molecule has 0 aliphatic carbocycles. The maximum Gasteiger partial charge on any atom is 0.258 e. The zero-order chi connectivity index (χ0) is 25.8. The van der Waals surface area contributed by atoms with Gasteiger partial charge in [0.25, 0.3) is 5.91 Å². The minimum atomic E-state index is -0.551. The lowest BCUT2D eigenvalue weighted by atomic mass is 9.94. The second kappa shape index (κ2) is 10.7. The fourth-order valence-corrected chi connectivity index (χ4v) is 4.23. The van der Waals surface area contributed by atoms with Crippen molar-refractivity contribution in [2.24, 2.45) is 5.92 Å². The largest absolute Gasteiger partial charge is 0.507 e. The first-order valence-corrected chi connectivity index (χ1v) is 12.1. The molecule has 4 aromatic rings. The molecule has 4 rings (SSSR count). The van der Waals surface area contributed by atoms with E-state index in [9.17, 15) is 14.3 Å². The van der Waals surface area contributed by atoms with E-state index >= 15 is 0 Å². The van der Waals surface area contributed by atoms with Crippen molar-refractivity contribution in [1.29, 1.82) is 0 Å². The molecule has 1 heterocycles. The number of phenolic OH excluding ortho intramolecular Hbond substituents is 1. The van der Waals surface area contributed by atoms with Crippen LogP contribution in [0.1, 0.15) is 49.7 Å². The zero-order valence-corrected chi connectivity index (χ0v) is 21.0. The number of aromatic hydroxyl groups is 1. The Morgan fingerprint density at radius 1 is 0.972 bits per heavy atom. The Hall–Kier alpha value is -4.06. The molecule has 0 aliphatic rings. The van der Waals surface area contributed by atoms with Crippen molar-refractivity contribution in [3.05, 3.63) is 95.9 Å². The number of rotatable bonds is 8. The summed E-state index contributed by atoms with van der Waals surface area (Å²) >= 11 is 0. The molecular formula is C30H31FN2O3. The van der Waals surface area contributed by atoms with Crippen molar-refractivity contribution < 1.29 is 19.1 Å². The maximum atomic E-state index is 14.0. The van der Waals surface area contributed by atoms with Gasteiger partial charge in [-0.15, -0.1) is 0 Å². The molecule has 2 N–H and O–H groups in total. The molecule has 3 aromatic carbocycles. The van der Waals surface area contributed by atoms with Crippen LogP contribution in [0.3, 0.4) is 0 Å². The summed E-state index contributed by atoms with van der Waals surface area (Å²) in [5.74, 6) is -0.968. The van der Waals surface area contributed by atoms with Crippen molar-refractivity contribution in [3.63, 3.8) is 0 Å². The number of anilines is 1. The Morgan fingerprint density at radius 2 is 1.61 bits per heavy atom. The summed E-state index contributed by atoms with van der Waals surface area (Å²) in [4.78, 5) is 20.2. The Labute approximate surface area is 211 Å². The van der Waals surface area contributed by atoms with Crippen LogP contribution in [0.4, 0.5) is 10.1 Å². The highest BCUT2D eigenvalue weighted by Crippen LogP contribution is 2.44. The van der Waals surface area contributed by atoms with Gasteiger partial charge in [0.05, 0.1) is 17.0 Å². The number of amides is 1. The highest BCUT2D eigenvalue weighted by atomic mass is 19.1. The number of carbonyl (C=O) groups is 1.